The van der Waals surface area contributed by atoms with Gasteiger partial charge in [0.25, 0.3) is 5.69 Å². The van der Waals surface area contributed by atoms with Crippen LogP contribution in [-0.4, -0.2) is 16.7 Å². The molecule has 1 aliphatic carbocycles. The number of nitrogens with zero attached hydrogens (tertiary/aromatic N) is 1. The van der Waals surface area contributed by atoms with Crippen LogP contribution in [0.5, 0.6) is 5.75 Å². The highest BCUT2D eigenvalue weighted by Gasteiger charge is 2.45. The first-order valence-corrected chi connectivity index (χ1v) is 5.70. The molecule has 0 spiro atoms. The van der Waals surface area contributed by atoms with E-state index in [1.54, 1.807) is 0 Å². The molecule has 0 heterocycles. The topological polar surface area (TPSA) is 78.7 Å². The molecule has 0 atom stereocenters. The lowest BCUT2D eigenvalue weighted by atomic mass is 10.3. The van der Waals surface area contributed by atoms with E-state index in [-0.39, 0.29) is 17.0 Å². The number of nitro benzene ring substituents is 1. The molecule has 0 amide bonds. The average molecular weight is 251 g/mol. The molecule has 0 aromatic heterocycles. The number of rotatable bonds is 4. The van der Waals surface area contributed by atoms with Gasteiger partial charge in [0.2, 0.25) is 0 Å². The molecule has 18 heavy (non-hydrogen) atoms. The van der Waals surface area contributed by atoms with Crippen molar-refractivity contribution in [2.75, 3.05) is 0 Å². The van der Waals surface area contributed by atoms with Gasteiger partial charge >= 0.3 is 6.16 Å². The number of carbonyl (C=O) groups excluding carboxylic acids is 1. The molecule has 0 radical (unpaired) electrons. The second-order valence-electron chi connectivity index (χ2n) is 4.24. The highest BCUT2D eigenvalue weighted by molar-refractivity contribution is 5.65. The molecule has 0 bridgehead atoms. The second kappa shape index (κ2) is 4.64. The lowest BCUT2D eigenvalue weighted by Crippen LogP contribution is -2.21. The summed E-state index contributed by atoms with van der Waals surface area (Å²) < 4.78 is 10.1. The van der Waals surface area contributed by atoms with E-state index in [9.17, 15) is 14.9 Å². The quantitative estimate of drug-likeness (QED) is 0.355. The van der Waals surface area contributed by atoms with E-state index in [2.05, 4.69) is 0 Å². The molecule has 0 aliphatic heterocycles. The van der Waals surface area contributed by atoms with Crippen LogP contribution in [-0.2, 0) is 4.74 Å². The summed E-state index contributed by atoms with van der Waals surface area (Å²) >= 11 is 0. The Hall–Kier alpha value is -2.11. The average Bonchev–Trinajstić information content (AvgIpc) is 3.10. The summed E-state index contributed by atoms with van der Waals surface area (Å²) in [5, 5.41) is 10.4. The van der Waals surface area contributed by atoms with Gasteiger partial charge in [0.15, 0.2) is 0 Å². The van der Waals surface area contributed by atoms with Crippen LogP contribution in [0.15, 0.2) is 24.3 Å². The smallest absolute Gasteiger partial charge is 0.427 e. The van der Waals surface area contributed by atoms with E-state index in [0.29, 0.717) is 0 Å². The molecular weight excluding hydrogens is 238 g/mol. The Morgan fingerprint density at radius 2 is 2.00 bits per heavy atom. The molecule has 0 N–H and O–H groups in total. The SMILES string of the molecule is CCC1(OC(=O)Oc2ccc([N+](=O)[O-])cc2)CC1. The summed E-state index contributed by atoms with van der Waals surface area (Å²) in [6.07, 6.45) is 1.73. The number of nitro groups is 1. The van der Waals surface area contributed by atoms with Gasteiger partial charge in [-0.15, -0.1) is 0 Å². The van der Waals surface area contributed by atoms with Crippen LogP contribution >= 0.6 is 0 Å². The summed E-state index contributed by atoms with van der Waals surface area (Å²) in [6, 6.07) is 5.28. The minimum atomic E-state index is -0.761. The Labute approximate surface area is 104 Å². The Balaban J connectivity index is 1.93. The van der Waals surface area contributed by atoms with Gasteiger partial charge in [-0.2, -0.15) is 0 Å². The van der Waals surface area contributed by atoms with E-state index in [4.69, 9.17) is 9.47 Å². The standard InChI is InChI=1S/C12H13NO5/c1-2-12(7-8-12)18-11(14)17-10-5-3-9(4-6-10)13(15)16/h3-6H,2,7-8H2,1H3. The van der Waals surface area contributed by atoms with Crippen molar-refractivity contribution in [3.05, 3.63) is 34.4 Å². The molecule has 1 aromatic rings. The van der Waals surface area contributed by atoms with Gasteiger partial charge in [0, 0.05) is 12.1 Å². The first-order chi connectivity index (χ1) is 8.54. The minimum absolute atomic E-state index is 0.0528. The Bertz CT molecular complexity index is 464. The van der Waals surface area contributed by atoms with Gasteiger partial charge in [0.1, 0.15) is 11.4 Å². The van der Waals surface area contributed by atoms with Gasteiger partial charge in [-0.25, -0.2) is 4.79 Å². The largest absolute Gasteiger partial charge is 0.514 e. The van der Waals surface area contributed by atoms with Crippen LogP contribution in [0, 0.1) is 10.1 Å². The fourth-order valence-corrected chi connectivity index (χ4v) is 1.60. The van der Waals surface area contributed by atoms with Gasteiger partial charge in [0.05, 0.1) is 4.92 Å². The molecule has 1 aliphatic rings. The third-order valence-electron chi connectivity index (χ3n) is 3.00. The molecule has 1 aromatic carbocycles. The number of carbonyl (C=O) groups is 1. The number of hydrogen-bond acceptors (Lipinski definition) is 5. The zero-order valence-electron chi connectivity index (χ0n) is 9.92. The third kappa shape index (κ3) is 2.77. The van der Waals surface area contributed by atoms with Gasteiger partial charge in [-0.05, 0) is 31.4 Å². The van der Waals surface area contributed by atoms with Crippen molar-refractivity contribution in [2.24, 2.45) is 0 Å². The van der Waals surface area contributed by atoms with Gasteiger partial charge in [-0.3, -0.25) is 10.1 Å². The zero-order chi connectivity index (χ0) is 13.2. The normalized spacial score (nSPS) is 15.8. The van der Waals surface area contributed by atoms with Gasteiger partial charge in [-0.1, -0.05) is 6.92 Å². The minimum Gasteiger partial charge on any atom is -0.427 e. The maximum Gasteiger partial charge on any atom is 0.514 e. The maximum absolute atomic E-state index is 11.5. The summed E-state index contributed by atoms with van der Waals surface area (Å²) in [7, 11) is 0. The van der Waals surface area contributed by atoms with Gasteiger partial charge < -0.3 is 9.47 Å². The highest BCUT2D eigenvalue weighted by Crippen LogP contribution is 2.42. The lowest BCUT2D eigenvalue weighted by molar-refractivity contribution is -0.384. The van der Waals surface area contributed by atoms with Crippen molar-refractivity contribution >= 4 is 11.8 Å². The van der Waals surface area contributed by atoms with Crippen molar-refractivity contribution in [2.45, 2.75) is 31.8 Å². The predicted molar refractivity (Wildman–Crippen MR) is 62.5 cm³/mol. The molecule has 0 unspecified atom stereocenters. The van der Waals surface area contributed by atoms with Crippen LogP contribution in [0.25, 0.3) is 0 Å². The molecule has 6 heteroatoms. The second-order valence-corrected chi connectivity index (χ2v) is 4.24. The first kappa shape index (κ1) is 12.3. The summed E-state index contributed by atoms with van der Waals surface area (Å²) in [5.41, 5.74) is -0.402. The predicted octanol–water partition coefficient (Wildman–Crippen LogP) is 3.05. The van der Waals surface area contributed by atoms with E-state index < -0.39 is 11.1 Å². The lowest BCUT2D eigenvalue weighted by Gasteiger charge is -2.13. The third-order valence-corrected chi connectivity index (χ3v) is 3.00. The molecular formula is C12H13NO5. The van der Waals surface area contributed by atoms with E-state index in [0.717, 1.165) is 19.3 Å². The number of hydrogen-bond donors (Lipinski definition) is 0. The zero-order valence-corrected chi connectivity index (χ0v) is 9.92. The Morgan fingerprint density at radius 3 is 2.44 bits per heavy atom. The monoisotopic (exact) mass is 251 g/mol. The van der Waals surface area contributed by atoms with Crippen LogP contribution in [0.2, 0.25) is 0 Å². The van der Waals surface area contributed by atoms with E-state index in [1.165, 1.54) is 24.3 Å². The summed E-state index contributed by atoms with van der Waals surface area (Å²) in [6.45, 7) is 1.95. The van der Waals surface area contributed by atoms with E-state index in [1.807, 2.05) is 6.92 Å². The molecule has 1 saturated carbocycles. The number of non-ortho nitro benzene ring substituents is 1. The fraction of sp³-hybridized carbons (Fsp3) is 0.417. The highest BCUT2D eigenvalue weighted by atomic mass is 16.7. The van der Waals surface area contributed by atoms with Crippen molar-refractivity contribution in [3.8, 4) is 5.75 Å². The molecule has 2 rings (SSSR count). The molecule has 96 valence electrons. The van der Waals surface area contributed by atoms with Crippen molar-refractivity contribution < 1.29 is 19.2 Å². The Kier molecular flexibility index (Phi) is 3.18. The molecule has 0 saturated heterocycles. The number of ether oxygens (including phenoxy) is 2. The van der Waals surface area contributed by atoms with Crippen molar-refractivity contribution in [3.63, 3.8) is 0 Å². The maximum atomic E-state index is 11.5. The van der Waals surface area contributed by atoms with Crippen LogP contribution in [0.3, 0.4) is 0 Å². The van der Waals surface area contributed by atoms with E-state index >= 15 is 0 Å². The summed E-state index contributed by atoms with van der Waals surface area (Å²) in [4.78, 5) is 21.4. The fourth-order valence-electron chi connectivity index (χ4n) is 1.60. The Morgan fingerprint density at radius 1 is 1.39 bits per heavy atom. The molecule has 1 fully saturated rings. The van der Waals surface area contributed by atoms with Crippen molar-refractivity contribution in [1.29, 1.82) is 0 Å². The summed E-state index contributed by atoms with van der Waals surface area (Å²) in [5.74, 6) is 0.234. The van der Waals surface area contributed by atoms with Crippen LogP contribution < -0.4 is 4.74 Å². The number of benzene rings is 1. The first-order valence-electron chi connectivity index (χ1n) is 5.70. The van der Waals surface area contributed by atoms with Crippen LogP contribution in [0.1, 0.15) is 26.2 Å². The van der Waals surface area contributed by atoms with Crippen molar-refractivity contribution in [1.82, 2.24) is 0 Å². The molecule has 6 nitrogen and oxygen atoms in total. The van der Waals surface area contributed by atoms with Crippen LogP contribution in [0.4, 0.5) is 10.5 Å².